The topological polar surface area (TPSA) is 0 Å². The molecule has 0 spiro atoms. The first-order valence-corrected chi connectivity index (χ1v) is 20.7. The maximum Gasteiger partial charge on any atom is -0.00199 e. The highest BCUT2D eigenvalue weighted by molar-refractivity contribution is 6.22. The Kier molecular flexibility index (Phi) is 8.95. The molecule has 0 bridgehead atoms. The molecule has 0 atom stereocenters. The second-order valence-corrected chi connectivity index (χ2v) is 15.6. The fourth-order valence-corrected chi connectivity index (χ4v) is 9.13. The molecular weight excluding hydrogens is 721 g/mol. The van der Waals surface area contributed by atoms with Gasteiger partial charge in [0, 0.05) is 0 Å². The van der Waals surface area contributed by atoms with Gasteiger partial charge in [0.2, 0.25) is 0 Å². The van der Waals surface area contributed by atoms with Crippen molar-refractivity contribution in [3.8, 4) is 77.9 Å². The molecule has 0 aromatic heterocycles. The summed E-state index contributed by atoms with van der Waals surface area (Å²) in [5.74, 6) is 0. The van der Waals surface area contributed by atoms with Crippen molar-refractivity contribution < 1.29 is 0 Å². The average molecular weight is 761 g/mol. The van der Waals surface area contributed by atoms with E-state index >= 15 is 0 Å². The number of benzene rings is 11. The van der Waals surface area contributed by atoms with Crippen molar-refractivity contribution in [2.24, 2.45) is 0 Å². The van der Waals surface area contributed by atoms with Crippen LogP contribution in [-0.4, -0.2) is 0 Å². The van der Waals surface area contributed by atoms with Crippen LogP contribution in [0.4, 0.5) is 0 Å². The highest BCUT2D eigenvalue weighted by atomic mass is 14.2. The van der Waals surface area contributed by atoms with Crippen molar-refractivity contribution >= 4 is 32.3 Å². The van der Waals surface area contributed by atoms with E-state index < -0.39 is 0 Å². The maximum atomic E-state index is 2.45. The molecule has 280 valence electrons. The van der Waals surface area contributed by atoms with Gasteiger partial charge in [-0.05, 0) is 147 Å². The molecule has 0 amide bonds. The third-order valence-corrected chi connectivity index (χ3v) is 12.0. The molecule has 11 aromatic rings. The van der Waals surface area contributed by atoms with E-state index in [1.54, 1.807) is 0 Å². The van der Waals surface area contributed by atoms with Crippen molar-refractivity contribution in [2.45, 2.75) is 0 Å². The Hall–Kier alpha value is -7.80. The molecule has 11 aromatic carbocycles. The molecule has 0 aliphatic heterocycles. The van der Waals surface area contributed by atoms with Gasteiger partial charge in [0.1, 0.15) is 0 Å². The smallest absolute Gasteiger partial charge is 0.00199 e. The first kappa shape index (κ1) is 35.4. The molecule has 0 heterocycles. The van der Waals surface area contributed by atoms with Gasteiger partial charge in [0.05, 0.1) is 0 Å². The molecule has 0 aliphatic rings. The van der Waals surface area contributed by atoms with Gasteiger partial charge in [0.25, 0.3) is 0 Å². The summed E-state index contributed by atoms with van der Waals surface area (Å²) in [6, 6.07) is 88.9. The zero-order valence-electron chi connectivity index (χ0n) is 33.1. The highest BCUT2D eigenvalue weighted by Crippen LogP contribution is 2.47. The van der Waals surface area contributed by atoms with Crippen molar-refractivity contribution in [3.05, 3.63) is 243 Å². The molecule has 0 unspecified atom stereocenters. The normalized spacial score (nSPS) is 11.3. The molecule has 0 saturated heterocycles. The van der Waals surface area contributed by atoms with Crippen LogP contribution in [-0.2, 0) is 0 Å². The van der Waals surface area contributed by atoms with Gasteiger partial charge in [-0.3, -0.25) is 0 Å². The van der Waals surface area contributed by atoms with E-state index in [2.05, 4.69) is 243 Å². The molecule has 0 nitrogen and oxygen atoms in total. The lowest BCUT2D eigenvalue weighted by Crippen LogP contribution is -1.94. The standard InChI is InChI=1S/C60H40/c1-5-17-41(18-6-1)45-29-30-47-36-49(32-31-46(47)35-45)53-34-33-48(52-38-50(42-19-7-2-8-20-42)37-51(39-52)43-21-9-3-10-22-43)40-58(53)60-56-27-15-13-25-54(56)59(44-23-11-4-12-24-44)55-26-14-16-28-57(55)60/h1-40H. The van der Waals surface area contributed by atoms with E-state index in [1.165, 1.54) is 110 Å². The molecule has 0 saturated carbocycles. The number of hydrogen-bond acceptors (Lipinski definition) is 0. The monoisotopic (exact) mass is 760 g/mol. The summed E-state index contributed by atoms with van der Waals surface area (Å²) in [5, 5.41) is 7.43. The largest absolute Gasteiger partial charge is 0.0622 e. The van der Waals surface area contributed by atoms with Gasteiger partial charge in [0.15, 0.2) is 0 Å². The molecule has 0 radical (unpaired) electrons. The molecule has 60 heavy (non-hydrogen) atoms. The number of hydrogen-bond donors (Lipinski definition) is 0. The lowest BCUT2D eigenvalue weighted by Gasteiger charge is -2.21. The second-order valence-electron chi connectivity index (χ2n) is 15.6. The molecule has 0 fully saturated rings. The Morgan fingerprint density at radius 3 is 1.02 bits per heavy atom. The molecule has 0 heteroatoms. The van der Waals surface area contributed by atoms with Crippen molar-refractivity contribution in [1.29, 1.82) is 0 Å². The Balaban J connectivity index is 1.18. The van der Waals surface area contributed by atoms with E-state index in [9.17, 15) is 0 Å². The van der Waals surface area contributed by atoms with Crippen LogP contribution in [0, 0.1) is 0 Å². The fraction of sp³-hybridized carbons (Fsp3) is 0. The van der Waals surface area contributed by atoms with Gasteiger partial charge < -0.3 is 0 Å². The van der Waals surface area contributed by atoms with Crippen LogP contribution < -0.4 is 0 Å². The lowest BCUT2D eigenvalue weighted by molar-refractivity contribution is 1.56. The zero-order valence-corrected chi connectivity index (χ0v) is 33.1. The third kappa shape index (κ3) is 6.46. The van der Waals surface area contributed by atoms with E-state index in [0.717, 1.165) is 0 Å². The Labute approximate surface area is 351 Å². The predicted octanol–water partition coefficient (Wildman–Crippen LogP) is 16.8. The van der Waals surface area contributed by atoms with E-state index in [1.807, 2.05) is 0 Å². The van der Waals surface area contributed by atoms with Gasteiger partial charge >= 0.3 is 0 Å². The van der Waals surface area contributed by atoms with E-state index in [4.69, 9.17) is 0 Å². The van der Waals surface area contributed by atoms with E-state index in [0.29, 0.717) is 0 Å². The minimum atomic E-state index is 1.18. The third-order valence-electron chi connectivity index (χ3n) is 12.0. The van der Waals surface area contributed by atoms with Crippen LogP contribution in [0.5, 0.6) is 0 Å². The van der Waals surface area contributed by atoms with Crippen LogP contribution in [0.3, 0.4) is 0 Å². The van der Waals surface area contributed by atoms with Gasteiger partial charge in [-0.15, -0.1) is 0 Å². The Bertz CT molecular complexity index is 3210. The molecule has 0 N–H and O–H groups in total. The minimum absolute atomic E-state index is 1.18. The second kappa shape index (κ2) is 15.2. The molecule has 0 aliphatic carbocycles. The molecule has 11 rings (SSSR count). The maximum absolute atomic E-state index is 2.45. The van der Waals surface area contributed by atoms with Crippen LogP contribution in [0.2, 0.25) is 0 Å². The van der Waals surface area contributed by atoms with Crippen LogP contribution in [0.15, 0.2) is 243 Å². The first-order valence-electron chi connectivity index (χ1n) is 20.7. The lowest BCUT2D eigenvalue weighted by atomic mass is 9.82. The summed E-state index contributed by atoms with van der Waals surface area (Å²) in [4.78, 5) is 0. The van der Waals surface area contributed by atoms with Crippen molar-refractivity contribution in [2.75, 3.05) is 0 Å². The fourth-order valence-electron chi connectivity index (χ4n) is 9.13. The first-order chi connectivity index (χ1) is 29.7. The van der Waals surface area contributed by atoms with Crippen LogP contribution in [0.25, 0.3) is 110 Å². The average Bonchev–Trinajstić information content (AvgIpc) is 3.33. The van der Waals surface area contributed by atoms with Crippen LogP contribution in [0.1, 0.15) is 0 Å². The Morgan fingerprint density at radius 2 is 0.517 bits per heavy atom. The number of fused-ring (bicyclic) bond motifs is 3. The van der Waals surface area contributed by atoms with Gasteiger partial charge in [-0.1, -0.05) is 206 Å². The summed E-state index contributed by atoms with van der Waals surface area (Å²) in [5.41, 5.74) is 17.0. The highest BCUT2D eigenvalue weighted by Gasteiger charge is 2.20. The van der Waals surface area contributed by atoms with Gasteiger partial charge in [-0.2, -0.15) is 0 Å². The predicted molar refractivity (Wildman–Crippen MR) is 257 cm³/mol. The zero-order chi connectivity index (χ0) is 39.8. The minimum Gasteiger partial charge on any atom is -0.0622 e. The van der Waals surface area contributed by atoms with Gasteiger partial charge in [-0.25, -0.2) is 0 Å². The van der Waals surface area contributed by atoms with Crippen molar-refractivity contribution in [3.63, 3.8) is 0 Å². The Morgan fingerprint density at radius 1 is 0.167 bits per heavy atom. The summed E-state index contributed by atoms with van der Waals surface area (Å²) >= 11 is 0. The van der Waals surface area contributed by atoms with E-state index in [-0.39, 0.29) is 0 Å². The van der Waals surface area contributed by atoms with Crippen LogP contribution >= 0.6 is 0 Å². The quantitative estimate of drug-likeness (QED) is 0.142. The summed E-state index contributed by atoms with van der Waals surface area (Å²) in [6.07, 6.45) is 0. The number of rotatable bonds is 7. The summed E-state index contributed by atoms with van der Waals surface area (Å²) in [7, 11) is 0. The summed E-state index contributed by atoms with van der Waals surface area (Å²) < 4.78 is 0. The summed E-state index contributed by atoms with van der Waals surface area (Å²) in [6.45, 7) is 0. The molecular formula is C60H40. The van der Waals surface area contributed by atoms with Crippen molar-refractivity contribution in [1.82, 2.24) is 0 Å². The SMILES string of the molecule is c1ccc(-c2cc(-c3ccccc3)cc(-c3ccc(-c4ccc5cc(-c6ccccc6)ccc5c4)c(-c4c5ccccc5c(-c5ccccc5)c5ccccc45)c3)c2)cc1.